The van der Waals surface area contributed by atoms with Gasteiger partial charge in [0.2, 0.25) is 17.7 Å². The van der Waals surface area contributed by atoms with Crippen LogP contribution >= 0.6 is 0 Å². The van der Waals surface area contributed by atoms with Gasteiger partial charge >= 0.3 is 5.97 Å². The maximum absolute atomic E-state index is 13.2. The number of nitrogens with one attached hydrogen (secondary N) is 4. The van der Waals surface area contributed by atoms with Crippen LogP contribution in [0.25, 0.3) is 0 Å². The van der Waals surface area contributed by atoms with Gasteiger partial charge in [-0.15, -0.1) is 0 Å². The van der Waals surface area contributed by atoms with Crippen molar-refractivity contribution in [3.05, 3.63) is 48.0 Å². The number of hydrogen-bond donors (Lipinski definition) is 7. The number of aromatic nitrogens is 2. The quantitative estimate of drug-likeness (QED) is 0.194. The molecule has 12 heteroatoms. The molecule has 1 heterocycles. The van der Waals surface area contributed by atoms with Crippen LogP contribution in [0.3, 0.4) is 0 Å². The third kappa shape index (κ3) is 9.08. The number of benzene rings is 1. The molecule has 0 saturated heterocycles. The molecule has 35 heavy (non-hydrogen) atoms. The maximum Gasteiger partial charge on any atom is 0.326 e. The number of H-pyrrole nitrogens is 1. The van der Waals surface area contributed by atoms with Gasteiger partial charge in [-0.05, 0) is 30.0 Å². The highest BCUT2D eigenvalue weighted by Gasteiger charge is 2.30. The fraction of sp³-hybridized carbons (Fsp3) is 0.435. The molecule has 1 aromatic heterocycles. The molecule has 2 aromatic rings. The molecular weight excluding hydrogens is 456 g/mol. The molecule has 0 spiro atoms. The van der Waals surface area contributed by atoms with E-state index in [1.807, 2.05) is 13.8 Å². The molecular formula is C23H32N6O6. The van der Waals surface area contributed by atoms with E-state index in [9.17, 15) is 29.4 Å². The first-order chi connectivity index (χ1) is 16.6. The Hall–Kier alpha value is -3.93. The standard InChI is InChI=1S/C23H32N6O6/c1-13(2)7-19(23(34)35)29-22(33)18(9-15-11-25-12-26-15)28-21(32)17(27-20(31)10-24)8-14-3-5-16(30)6-4-14/h3-6,11-13,17-19,30H,7-10,24H2,1-2H3,(H,25,26)(H,27,31)(H,28,32)(H,29,33)(H,34,35). The second kappa shape index (κ2) is 13.1. The zero-order valence-corrected chi connectivity index (χ0v) is 19.7. The molecule has 0 radical (unpaired) electrons. The molecule has 0 bridgehead atoms. The van der Waals surface area contributed by atoms with E-state index >= 15 is 0 Å². The second-order valence-corrected chi connectivity index (χ2v) is 8.57. The van der Waals surface area contributed by atoms with Crippen LogP contribution < -0.4 is 21.7 Å². The van der Waals surface area contributed by atoms with E-state index in [-0.39, 0.29) is 37.5 Å². The zero-order valence-electron chi connectivity index (χ0n) is 19.7. The molecule has 3 unspecified atom stereocenters. The Bertz CT molecular complexity index is 992. The molecule has 0 fully saturated rings. The maximum atomic E-state index is 13.2. The number of imidazole rings is 1. The van der Waals surface area contributed by atoms with Crippen LogP contribution in [0, 0.1) is 5.92 Å². The Morgan fingerprint density at radius 2 is 1.57 bits per heavy atom. The topological polar surface area (TPSA) is 200 Å². The summed E-state index contributed by atoms with van der Waals surface area (Å²) in [7, 11) is 0. The summed E-state index contributed by atoms with van der Waals surface area (Å²) in [6.45, 7) is 3.33. The molecule has 2 rings (SSSR count). The smallest absolute Gasteiger partial charge is 0.326 e. The van der Waals surface area contributed by atoms with Crippen LogP contribution in [-0.4, -0.2) is 68.5 Å². The minimum atomic E-state index is -1.18. The molecule has 1 aromatic carbocycles. The summed E-state index contributed by atoms with van der Waals surface area (Å²) in [5, 5.41) is 26.6. The number of phenols is 1. The lowest BCUT2D eigenvalue weighted by atomic mass is 10.0. The van der Waals surface area contributed by atoms with E-state index in [1.54, 1.807) is 12.1 Å². The van der Waals surface area contributed by atoms with Crippen molar-refractivity contribution in [2.75, 3.05) is 6.54 Å². The van der Waals surface area contributed by atoms with Gasteiger partial charge in [0.25, 0.3) is 0 Å². The van der Waals surface area contributed by atoms with Crippen molar-refractivity contribution in [3.8, 4) is 5.75 Å². The summed E-state index contributed by atoms with van der Waals surface area (Å²) in [6, 6.07) is 2.75. The van der Waals surface area contributed by atoms with E-state index < -0.39 is 41.8 Å². The van der Waals surface area contributed by atoms with E-state index in [0.717, 1.165) is 0 Å². The molecule has 8 N–H and O–H groups in total. The predicted molar refractivity (Wildman–Crippen MR) is 126 cm³/mol. The lowest BCUT2D eigenvalue weighted by Crippen LogP contribution is -2.57. The Balaban J connectivity index is 2.23. The van der Waals surface area contributed by atoms with Gasteiger partial charge in [-0.1, -0.05) is 26.0 Å². The fourth-order valence-corrected chi connectivity index (χ4v) is 3.39. The molecule has 0 aliphatic rings. The van der Waals surface area contributed by atoms with Crippen LogP contribution in [0.15, 0.2) is 36.8 Å². The highest BCUT2D eigenvalue weighted by molar-refractivity contribution is 5.93. The van der Waals surface area contributed by atoms with Crippen LogP contribution in [0.4, 0.5) is 0 Å². The summed E-state index contributed by atoms with van der Waals surface area (Å²) < 4.78 is 0. The number of phenolic OH excluding ortho intramolecular Hbond substituents is 1. The summed E-state index contributed by atoms with van der Waals surface area (Å²) in [4.78, 5) is 56.5. The van der Waals surface area contributed by atoms with Crippen LogP contribution in [0.2, 0.25) is 0 Å². The third-order valence-corrected chi connectivity index (χ3v) is 5.15. The molecule has 0 aliphatic heterocycles. The molecule has 12 nitrogen and oxygen atoms in total. The van der Waals surface area contributed by atoms with Crippen LogP contribution in [-0.2, 0) is 32.0 Å². The Morgan fingerprint density at radius 1 is 0.971 bits per heavy atom. The number of nitrogens with zero attached hydrogens (tertiary/aromatic N) is 1. The van der Waals surface area contributed by atoms with Gasteiger partial charge in [0.05, 0.1) is 12.9 Å². The number of aromatic hydroxyl groups is 1. The number of rotatable bonds is 13. The molecule has 0 saturated carbocycles. The number of carboxylic acids is 1. The van der Waals surface area contributed by atoms with Crippen LogP contribution in [0.1, 0.15) is 31.5 Å². The fourth-order valence-electron chi connectivity index (χ4n) is 3.39. The number of hydrogen-bond acceptors (Lipinski definition) is 7. The summed E-state index contributed by atoms with van der Waals surface area (Å²) in [5.74, 6) is -3.03. The first-order valence-electron chi connectivity index (χ1n) is 11.2. The lowest BCUT2D eigenvalue weighted by molar-refractivity contribution is -0.142. The zero-order chi connectivity index (χ0) is 26.0. The van der Waals surface area contributed by atoms with Crippen molar-refractivity contribution in [3.63, 3.8) is 0 Å². The number of carbonyl (C=O) groups excluding carboxylic acids is 3. The summed E-state index contributed by atoms with van der Waals surface area (Å²) in [6.07, 6.45) is 3.20. The number of carboxylic acid groups (broad SMARTS) is 1. The van der Waals surface area contributed by atoms with Crippen molar-refractivity contribution >= 4 is 23.7 Å². The average molecular weight is 489 g/mol. The van der Waals surface area contributed by atoms with Crippen molar-refractivity contribution < 1.29 is 29.4 Å². The van der Waals surface area contributed by atoms with Gasteiger partial charge in [0.15, 0.2) is 0 Å². The van der Waals surface area contributed by atoms with E-state index in [1.165, 1.54) is 24.7 Å². The van der Waals surface area contributed by atoms with Gasteiger partial charge in [-0.25, -0.2) is 9.78 Å². The second-order valence-electron chi connectivity index (χ2n) is 8.57. The van der Waals surface area contributed by atoms with E-state index in [2.05, 4.69) is 25.9 Å². The predicted octanol–water partition coefficient (Wildman–Crippen LogP) is -0.556. The van der Waals surface area contributed by atoms with E-state index in [0.29, 0.717) is 11.3 Å². The Labute approximate surface area is 202 Å². The summed E-state index contributed by atoms with van der Waals surface area (Å²) in [5.41, 5.74) is 6.58. The number of carbonyl (C=O) groups is 4. The monoisotopic (exact) mass is 488 g/mol. The average Bonchev–Trinajstić information content (AvgIpc) is 3.31. The molecule has 0 aliphatic carbocycles. The van der Waals surface area contributed by atoms with Gasteiger partial charge in [0.1, 0.15) is 23.9 Å². The van der Waals surface area contributed by atoms with Gasteiger partial charge in [-0.2, -0.15) is 0 Å². The summed E-state index contributed by atoms with van der Waals surface area (Å²) >= 11 is 0. The molecule has 3 amide bonds. The highest BCUT2D eigenvalue weighted by Crippen LogP contribution is 2.12. The van der Waals surface area contributed by atoms with Crippen molar-refractivity contribution in [2.24, 2.45) is 11.7 Å². The minimum Gasteiger partial charge on any atom is -0.508 e. The number of aromatic amines is 1. The SMILES string of the molecule is CC(C)CC(NC(=O)C(Cc1cnc[nH]1)NC(=O)C(Cc1ccc(O)cc1)NC(=O)CN)C(=O)O. The Morgan fingerprint density at radius 3 is 2.09 bits per heavy atom. The number of nitrogens with two attached hydrogens (primary N) is 1. The number of amides is 3. The first-order valence-corrected chi connectivity index (χ1v) is 11.2. The normalized spacial score (nSPS) is 13.5. The van der Waals surface area contributed by atoms with Crippen molar-refractivity contribution in [1.82, 2.24) is 25.9 Å². The lowest BCUT2D eigenvalue weighted by Gasteiger charge is -2.25. The molecule has 3 atom stereocenters. The first kappa shape index (κ1) is 27.3. The van der Waals surface area contributed by atoms with E-state index in [4.69, 9.17) is 5.73 Å². The van der Waals surface area contributed by atoms with Gasteiger partial charge < -0.3 is 36.9 Å². The highest BCUT2D eigenvalue weighted by atomic mass is 16.4. The largest absolute Gasteiger partial charge is 0.508 e. The van der Waals surface area contributed by atoms with Crippen molar-refractivity contribution in [1.29, 1.82) is 0 Å². The van der Waals surface area contributed by atoms with Crippen LogP contribution in [0.5, 0.6) is 5.75 Å². The van der Waals surface area contributed by atoms with Crippen molar-refractivity contribution in [2.45, 2.75) is 51.2 Å². The Kier molecular flexibility index (Phi) is 10.2. The third-order valence-electron chi connectivity index (χ3n) is 5.15. The molecule has 190 valence electrons. The minimum absolute atomic E-state index is 0.0122. The van der Waals surface area contributed by atoms with Gasteiger partial charge in [-0.3, -0.25) is 14.4 Å². The van der Waals surface area contributed by atoms with Gasteiger partial charge in [0, 0.05) is 24.7 Å². The number of aliphatic carboxylic acids is 1.